The van der Waals surface area contributed by atoms with Crippen LogP contribution in [0.15, 0.2) is 66.9 Å². The van der Waals surface area contributed by atoms with Gasteiger partial charge in [0, 0.05) is 18.7 Å². The standard InChI is InChI=1S/C29H22F8N2O2/c1-15(18-8-20(28(32,33)34)12-21(9-18)29(35,36)37)41-24-14-39-23(27(24)16-2-5-22(30)6-3-16)10-19(11-26(39)40)17-4-7-25(31)38-13-17/h2-10,12-13,15,23-24,27H,11,14H2,1H3/t15-,23?,24?,27+/m1/s1. The fourth-order valence-electron chi connectivity index (χ4n) is 5.38. The van der Waals surface area contributed by atoms with E-state index in [0.717, 1.165) is 6.07 Å². The molecule has 1 amide bonds. The maximum atomic E-state index is 13.8. The third kappa shape index (κ3) is 5.97. The van der Waals surface area contributed by atoms with Crippen molar-refractivity contribution in [3.63, 3.8) is 0 Å². The highest BCUT2D eigenvalue weighted by molar-refractivity contribution is 5.92. The van der Waals surface area contributed by atoms with Crippen molar-refractivity contribution in [2.24, 2.45) is 0 Å². The summed E-state index contributed by atoms with van der Waals surface area (Å²) >= 11 is 0. The lowest BCUT2D eigenvalue weighted by Gasteiger charge is -2.31. The molecule has 0 aliphatic carbocycles. The molecule has 0 radical (unpaired) electrons. The van der Waals surface area contributed by atoms with Gasteiger partial charge in [-0.25, -0.2) is 9.37 Å². The molecule has 3 aromatic rings. The second-order valence-electron chi connectivity index (χ2n) is 10.0. The van der Waals surface area contributed by atoms with Crippen LogP contribution in [0.4, 0.5) is 35.1 Å². The normalized spacial score (nSPS) is 22.0. The highest BCUT2D eigenvalue weighted by Gasteiger charge is 2.47. The molecule has 4 atom stereocenters. The maximum absolute atomic E-state index is 13.8. The van der Waals surface area contributed by atoms with Gasteiger partial charge >= 0.3 is 12.4 Å². The number of benzene rings is 2. The Morgan fingerprint density at radius 2 is 1.56 bits per heavy atom. The molecule has 2 aliphatic rings. The third-order valence-electron chi connectivity index (χ3n) is 7.35. The quantitative estimate of drug-likeness (QED) is 0.234. The number of aromatic nitrogens is 1. The highest BCUT2D eigenvalue weighted by Crippen LogP contribution is 2.44. The first-order valence-corrected chi connectivity index (χ1v) is 12.5. The number of hydrogen-bond acceptors (Lipinski definition) is 3. The molecule has 2 aliphatic heterocycles. The molecule has 0 N–H and O–H groups in total. The van der Waals surface area contributed by atoms with E-state index in [2.05, 4.69) is 4.98 Å². The molecular weight excluding hydrogens is 560 g/mol. The van der Waals surface area contributed by atoms with Crippen molar-refractivity contribution < 1.29 is 44.7 Å². The maximum Gasteiger partial charge on any atom is 0.416 e. The minimum absolute atomic E-state index is 0.00752. The van der Waals surface area contributed by atoms with Gasteiger partial charge < -0.3 is 9.64 Å². The van der Waals surface area contributed by atoms with Crippen molar-refractivity contribution >= 4 is 11.5 Å². The van der Waals surface area contributed by atoms with Crippen molar-refractivity contribution in [1.29, 1.82) is 0 Å². The summed E-state index contributed by atoms with van der Waals surface area (Å²) in [6.07, 6.45) is -9.11. The molecule has 2 unspecified atom stereocenters. The fraction of sp³-hybridized carbons (Fsp3) is 0.310. The van der Waals surface area contributed by atoms with Crippen molar-refractivity contribution in [2.45, 2.75) is 49.9 Å². The molecule has 1 saturated heterocycles. The lowest BCUT2D eigenvalue weighted by atomic mass is 9.86. The van der Waals surface area contributed by atoms with Crippen LogP contribution in [0.1, 0.15) is 53.2 Å². The SMILES string of the molecule is C[C@@H](OC1CN2C(=O)CC(c3ccc(F)nc3)=CC2[C@@H]1c1ccc(F)cc1)c1cc(C(F)(F)F)cc(C(F)(F)F)c1. The lowest BCUT2D eigenvalue weighted by Crippen LogP contribution is -2.39. The number of nitrogens with zero attached hydrogens (tertiary/aromatic N) is 2. The number of halogens is 8. The topological polar surface area (TPSA) is 42.4 Å². The average Bonchev–Trinajstić information content (AvgIpc) is 3.26. The van der Waals surface area contributed by atoms with Gasteiger partial charge in [-0.3, -0.25) is 4.79 Å². The summed E-state index contributed by atoms with van der Waals surface area (Å²) in [7, 11) is 0. The zero-order valence-corrected chi connectivity index (χ0v) is 21.3. The van der Waals surface area contributed by atoms with Crippen LogP contribution >= 0.6 is 0 Å². The van der Waals surface area contributed by atoms with Crippen molar-refractivity contribution in [2.75, 3.05) is 6.54 Å². The average molecular weight is 582 g/mol. The van der Waals surface area contributed by atoms with Crippen LogP contribution in [0.25, 0.3) is 5.57 Å². The number of ether oxygens (including phenoxy) is 1. The van der Waals surface area contributed by atoms with E-state index in [4.69, 9.17) is 4.74 Å². The number of rotatable bonds is 5. The first-order chi connectivity index (χ1) is 19.2. The Balaban J connectivity index is 1.52. The Hall–Kier alpha value is -3.80. The minimum atomic E-state index is -5.02. The van der Waals surface area contributed by atoms with Crippen molar-refractivity contribution in [3.8, 4) is 0 Å². The number of carbonyl (C=O) groups is 1. The summed E-state index contributed by atoms with van der Waals surface area (Å²) in [4.78, 5) is 18.3. The van der Waals surface area contributed by atoms with Crippen LogP contribution in [0, 0.1) is 11.8 Å². The molecule has 41 heavy (non-hydrogen) atoms. The van der Waals surface area contributed by atoms with Crippen LogP contribution in [0.3, 0.4) is 0 Å². The summed E-state index contributed by atoms with van der Waals surface area (Å²) in [6, 6.07) is 8.65. The summed E-state index contributed by atoms with van der Waals surface area (Å²) in [6.45, 7) is 1.33. The smallest absolute Gasteiger partial charge is 0.368 e. The summed E-state index contributed by atoms with van der Waals surface area (Å²) in [5.41, 5.74) is -1.64. The second kappa shape index (κ2) is 10.6. The van der Waals surface area contributed by atoms with Crippen LogP contribution < -0.4 is 0 Å². The first kappa shape index (κ1) is 28.7. The highest BCUT2D eigenvalue weighted by atomic mass is 19.4. The number of pyridine rings is 1. The molecule has 0 spiro atoms. The van der Waals surface area contributed by atoms with Gasteiger partial charge in [0.2, 0.25) is 11.9 Å². The Bertz CT molecular complexity index is 1430. The number of amides is 1. The third-order valence-corrected chi connectivity index (χ3v) is 7.35. The van der Waals surface area contributed by atoms with E-state index in [1.165, 1.54) is 48.4 Å². The minimum Gasteiger partial charge on any atom is -0.368 e. The lowest BCUT2D eigenvalue weighted by molar-refractivity contribution is -0.143. The first-order valence-electron chi connectivity index (χ1n) is 12.5. The Morgan fingerprint density at radius 1 is 0.927 bits per heavy atom. The molecule has 0 saturated carbocycles. The molecule has 2 aromatic carbocycles. The molecule has 3 heterocycles. The Labute approximate surface area is 229 Å². The number of hydrogen-bond donors (Lipinski definition) is 0. The number of alkyl halides is 6. The van der Waals surface area contributed by atoms with E-state index >= 15 is 0 Å². The molecule has 4 nitrogen and oxygen atoms in total. The Morgan fingerprint density at radius 3 is 2.12 bits per heavy atom. The predicted molar refractivity (Wildman–Crippen MR) is 131 cm³/mol. The Kier molecular flexibility index (Phi) is 7.39. The van der Waals surface area contributed by atoms with Crippen LogP contribution in [0.2, 0.25) is 0 Å². The zero-order chi connectivity index (χ0) is 29.7. The molecule has 1 aromatic heterocycles. The molecule has 1 fully saturated rings. The van der Waals surface area contributed by atoms with Crippen LogP contribution in [-0.4, -0.2) is 34.5 Å². The van der Waals surface area contributed by atoms with Crippen LogP contribution in [-0.2, 0) is 21.9 Å². The van der Waals surface area contributed by atoms with Gasteiger partial charge in [0.15, 0.2) is 0 Å². The zero-order valence-electron chi connectivity index (χ0n) is 21.3. The van der Waals surface area contributed by atoms with Gasteiger partial charge in [-0.1, -0.05) is 18.2 Å². The molecule has 5 rings (SSSR count). The van der Waals surface area contributed by atoms with Crippen molar-refractivity contribution in [3.05, 3.63) is 106 Å². The monoisotopic (exact) mass is 582 g/mol. The second-order valence-corrected chi connectivity index (χ2v) is 10.0. The molecule has 12 heteroatoms. The largest absolute Gasteiger partial charge is 0.416 e. The summed E-state index contributed by atoms with van der Waals surface area (Å²) in [5, 5.41) is 0. The van der Waals surface area contributed by atoms with Gasteiger partial charge in [-0.2, -0.15) is 30.7 Å². The van der Waals surface area contributed by atoms with Gasteiger partial charge in [-0.15, -0.1) is 0 Å². The fourth-order valence-corrected chi connectivity index (χ4v) is 5.38. The van der Waals surface area contributed by atoms with Crippen molar-refractivity contribution in [1.82, 2.24) is 9.88 Å². The van der Waals surface area contributed by atoms with Gasteiger partial charge in [-0.05, 0) is 71.7 Å². The number of fused-ring (bicyclic) bond motifs is 1. The molecular formula is C29H22F8N2O2. The van der Waals surface area contributed by atoms with E-state index in [1.54, 1.807) is 6.08 Å². The number of carbonyl (C=O) groups excluding carboxylic acids is 1. The van der Waals surface area contributed by atoms with E-state index in [1.807, 2.05) is 0 Å². The van der Waals surface area contributed by atoms with Crippen LogP contribution in [0.5, 0.6) is 0 Å². The van der Waals surface area contributed by atoms with E-state index in [-0.39, 0.29) is 30.5 Å². The summed E-state index contributed by atoms with van der Waals surface area (Å²) in [5.74, 6) is -2.17. The molecule has 0 bridgehead atoms. The van der Waals surface area contributed by atoms with E-state index in [0.29, 0.717) is 28.8 Å². The van der Waals surface area contributed by atoms with Gasteiger partial charge in [0.05, 0.1) is 35.8 Å². The molecule has 216 valence electrons. The van der Waals surface area contributed by atoms with Gasteiger partial charge in [0.25, 0.3) is 0 Å². The summed E-state index contributed by atoms with van der Waals surface area (Å²) < 4.78 is 114. The van der Waals surface area contributed by atoms with E-state index in [9.17, 15) is 39.9 Å². The van der Waals surface area contributed by atoms with E-state index < -0.39 is 59.4 Å². The van der Waals surface area contributed by atoms with Gasteiger partial charge in [0.1, 0.15) is 5.82 Å². The predicted octanol–water partition coefficient (Wildman–Crippen LogP) is 7.33.